The van der Waals surface area contributed by atoms with Gasteiger partial charge in [0, 0.05) is 51.4 Å². The Kier molecular flexibility index (Phi) is 6.17. The highest BCUT2D eigenvalue weighted by Gasteiger charge is 2.35. The fraction of sp³-hybridized carbons (Fsp3) is 0.850. The predicted octanol–water partition coefficient (Wildman–Crippen LogP) is 1.03. The normalized spacial score (nSPS) is 27.0. The van der Waals surface area contributed by atoms with Crippen LogP contribution in [0.25, 0.3) is 0 Å². The molecule has 0 spiro atoms. The van der Waals surface area contributed by atoms with Gasteiger partial charge < -0.3 is 9.80 Å². The average Bonchev–Trinajstić information content (AvgIpc) is 3.43. The van der Waals surface area contributed by atoms with Gasteiger partial charge in [-0.05, 0) is 38.5 Å². The van der Waals surface area contributed by atoms with Gasteiger partial charge in [0.25, 0.3) is 0 Å². The number of aromatic nitrogens is 3. The summed E-state index contributed by atoms with van der Waals surface area (Å²) >= 11 is 1.51. The molecule has 1 aromatic rings. The molecule has 31 heavy (non-hydrogen) atoms. The Morgan fingerprint density at radius 2 is 1.68 bits per heavy atom. The van der Waals surface area contributed by atoms with Gasteiger partial charge in [-0.3, -0.25) is 14.3 Å². The van der Waals surface area contributed by atoms with Crippen molar-refractivity contribution in [3.8, 4) is 0 Å². The second kappa shape index (κ2) is 8.90. The van der Waals surface area contributed by atoms with E-state index in [0.717, 1.165) is 43.7 Å². The van der Waals surface area contributed by atoms with Crippen LogP contribution in [0.1, 0.15) is 44.6 Å². The minimum Gasteiger partial charge on any atom is -0.341 e. The molecule has 1 aliphatic carbocycles. The molecular weight excluding hydrogens is 436 g/mol. The summed E-state index contributed by atoms with van der Waals surface area (Å²) in [6.07, 6.45) is 6.75. The minimum absolute atomic E-state index is 0.127. The van der Waals surface area contributed by atoms with Crippen molar-refractivity contribution in [3.05, 3.63) is 0 Å². The molecule has 0 aromatic carbocycles. The SMILES string of the molecule is O=C(CSc1nnc(N2CCCCC2)n1C1CC1)N1CCN([C@H]2CCS(=O)(=O)C2)CC1. The number of thioether (sulfide) groups is 1. The van der Waals surface area contributed by atoms with Gasteiger partial charge in [0.05, 0.1) is 17.3 Å². The lowest BCUT2D eigenvalue weighted by molar-refractivity contribution is -0.130. The summed E-state index contributed by atoms with van der Waals surface area (Å²) in [5, 5.41) is 9.81. The molecule has 4 fully saturated rings. The molecule has 11 heteroatoms. The smallest absolute Gasteiger partial charge is 0.233 e. The monoisotopic (exact) mass is 468 g/mol. The number of hydrogen-bond acceptors (Lipinski definition) is 8. The third-order valence-electron chi connectivity index (χ3n) is 6.91. The number of hydrogen-bond donors (Lipinski definition) is 0. The Morgan fingerprint density at radius 1 is 0.935 bits per heavy atom. The van der Waals surface area contributed by atoms with Gasteiger partial charge >= 0.3 is 0 Å². The topological polar surface area (TPSA) is 91.6 Å². The summed E-state index contributed by atoms with van der Waals surface area (Å²) in [5.41, 5.74) is 0. The van der Waals surface area contributed by atoms with Crippen LogP contribution in [0, 0.1) is 0 Å². The van der Waals surface area contributed by atoms with Gasteiger partial charge in [-0.2, -0.15) is 0 Å². The number of sulfone groups is 1. The van der Waals surface area contributed by atoms with Gasteiger partial charge in [0.1, 0.15) is 0 Å². The number of anilines is 1. The fourth-order valence-electron chi connectivity index (χ4n) is 4.95. The molecule has 1 amide bonds. The molecule has 4 heterocycles. The molecule has 172 valence electrons. The minimum atomic E-state index is -2.87. The van der Waals surface area contributed by atoms with Crippen LogP contribution < -0.4 is 4.90 Å². The molecule has 3 aliphatic heterocycles. The van der Waals surface area contributed by atoms with Gasteiger partial charge in [-0.25, -0.2) is 8.42 Å². The third-order valence-corrected chi connectivity index (χ3v) is 9.59. The van der Waals surface area contributed by atoms with Gasteiger partial charge in [-0.15, -0.1) is 10.2 Å². The van der Waals surface area contributed by atoms with Crippen LogP contribution >= 0.6 is 11.8 Å². The Balaban J connectivity index is 1.15. The van der Waals surface area contributed by atoms with Gasteiger partial charge in [-0.1, -0.05) is 11.8 Å². The van der Waals surface area contributed by atoms with Gasteiger partial charge in [0.15, 0.2) is 15.0 Å². The molecule has 0 bridgehead atoms. The van der Waals surface area contributed by atoms with Crippen molar-refractivity contribution in [1.29, 1.82) is 0 Å². The molecular formula is C20H32N6O3S2. The Hall–Kier alpha value is -1.33. The number of nitrogens with zero attached hydrogens (tertiary/aromatic N) is 6. The molecule has 3 saturated heterocycles. The Morgan fingerprint density at radius 3 is 2.32 bits per heavy atom. The predicted molar refractivity (Wildman–Crippen MR) is 120 cm³/mol. The van der Waals surface area contributed by atoms with E-state index in [4.69, 9.17) is 0 Å². The highest BCUT2D eigenvalue weighted by atomic mass is 32.2. The van der Waals surface area contributed by atoms with Crippen LogP contribution in [-0.4, -0.2) is 101 Å². The highest BCUT2D eigenvalue weighted by Crippen LogP contribution is 2.41. The number of piperazine rings is 1. The summed E-state index contributed by atoms with van der Waals surface area (Å²) in [4.78, 5) is 19.3. The summed E-state index contributed by atoms with van der Waals surface area (Å²) in [6.45, 7) is 4.94. The third kappa shape index (κ3) is 4.88. The summed E-state index contributed by atoms with van der Waals surface area (Å²) in [6, 6.07) is 0.609. The zero-order valence-corrected chi connectivity index (χ0v) is 19.6. The van der Waals surface area contributed by atoms with Crippen LogP contribution in [0.2, 0.25) is 0 Å². The zero-order chi connectivity index (χ0) is 21.4. The summed E-state index contributed by atoms with van der Waals surface area (Å²) < 4.78 is 25.8. The summed E-state index contributed by atoms with van der Waals surface area (Å²) in [7, 11) is -2.87. The zero-order valence-electron chi connectivity index (χ0n) is 18.0. The van der Waals surface area contributed by atoms with Crippen molar-refractivity contribution in [3.63, 3.8) is 0 Å². The molecule has 5 rings (SSSR count). The van der Waals surface area contributed by atoms with Crippen molar-refractivity contribution < 1.29 is 13.2 Å². The van der Waals surface area contributed by atoms with E-state index in [1.54, 1.807) is 0 Å². The van der Waals surface area contributed by atoms with Crippen molar-refractivity contribution in [2.24, 2.45) is 0 Å². The Labute approximate surface area is 188 Å². The molecule has 1 aromatic heterocycles. The van der Waals surface area contributed by atoms with Crippen LogP contribution in [-0.2, 0) is 14.6 Å². The van der Waals surface area contributed by atoms with E-state index in [1.807, 2.05) is 4.90 Å². The van der Waals surface area contributed by atoms with Crippen molar-refractivity contribution in [2.45, 2.75) is 55.8 Å². The second-order valence-corrected chi connectivity index (χ2v) is 12.4. The van der Waals surface area contributed by atoms with Crippen LogP contribution in [0.3, 0.4) is 0 Å². The molecule has 9 nitrogen and oxygen atoms in total. The first-order valence-electron chi connectivity index (χ1n) is 11.5. The van der Waals surface area contributed by atoms with E-state index in [2.05, 4.69) is 24.6 Å². The maximum Gasteiger partial charge on any atom is 0.233 e. The first-order chi connectivity index (χ1) is 15.0. The Bertz CT molecular complexity index is 902. The first-order valence-corrected chi connectivity index (χ1v) is 14.4. The van der Waals surface area contributed by atoms with E-state index in [-0.39, 0.29) is 17.7 Å². The van der Waals surface area contributed by atoms with E-state index < -0.39 is 9.84 Å². The molecule has 0 unspecified atom stereocenters. The number of amides is 1. The summed E-state index contributed by atoms with van der Waals surface area (Å²) in [5.74, 6) is 2.07. The van der Waals surface area contributed by atoms with E-state index in [1.165, 1.54) is 43.9 Å². The molecule has 0 radical (unpaired) electrons. The number of piperidine rings is 1. The molecule has 1 atom stereocenters. The lowest BCUT2D eigenvalue weighted by Crippen LogP contribution is -2.52. The van der Waals surface area contributed by atoms with E-state index >= 15 is 0 Å². The molecule has 0 N–H and O–H groups in total. The largest absolute Gasteiger partial charge is 0.341 e. The number of carbonyl (C=O) groups is 1. The lowest BCUT2D eigenvalue weighted by atomic mass is 10.1. The van der Waals surface area contributed by atoms with E-state index in [0.29, 0.717) is 30.6 Å². The number of carbonyl (C=O) groups excluding carboxylic acids is 1. The highest BCUT2D eigenvalue weighted by molar-refractivity contribution is 7.99. The quantitative estimate of drug-likeness (QED) is 0.572. The maximum absolute atomic E-state index is 12.8. The van der Waals surface area contributed by atoms with E-state index in [9.17, 15) is 13.2 Å². The van der Waals surface area contributed by atoms with Crippen LogP contribution in [0.5, 0.6) is 0 Å². The fourth-order valence-corrected chi connectivity index (χ4v) is 7.61. The van der Waals surface area contributed by atoms with Gasteiger partial charge in [0.2, 0.25) is 11.9 Å². The first kappa shape index (κ1) is 21.5. The maximum atomic E-state index is 12.8. The number of rotatable bonds is 6. The van der Waals surface area contributed by atoms with Crippen LogP contribution in [0.4, 0.5) is 5.95 Å². The van der Waals surface area contributed by atoms with Crippen molar-refractivity contribution in [1.82, 2.24) is 24.6 Å². The molecule has 4 aliphatic rings. The van der Waals surface area contributed by atoms with Crippen molar-refractivity contribution >= 4 is 33.5 Å². The standard InChI is InChI=1S/C20H32N6O3S2/c27-18(24-11-9-23(10-12-24)17-6-13-31(28,29)15-17)14-30-20-22-21-19(26(20)16-4-5-16)25-7-2-1-3-8-25/h16-17H,1-15H2/t17-/m0/s1. The lowest BCUT2D eigenvalue weighted by Gasteiger charge is -2.37. The second-order valence-electron chi connectivity index (χ2n) is 9.19. The average molecular weight is 469 g/mol. The van der Waals surface area contributed by atoms with Crippen LogP contribution in [0.15, 0.2) is 5.16 Å². The molecule has 1 saturated carbocycles. The van der Waals surface area contributed by atoms with Crippen molar-refractivity contribution in [2.75, 3.05) is 61.4 Å².